The highest BCUT2D eigenvalue weighted by Gasteiger charge is 2.46. The molecule has 1 amide bonds. The van der Waals surface area contributed by atoms with Gasteiger partial charge in [-0.2, -0.15) is 0 Å². The Morgan fingerprint density at radius 2 is 1.74 bits per heavy atom. The van der Waals surface area contributed by atoms with Gasteiger partial charge in [-0.15, -0.1) is 0 Å². The summed E-state index contributed by atoms with van der Waals surface area (Å²) in [6.07, 6.45) is 0. The fourth-order valence-electron chi connectivity index (χ4n) is 3.71. The first kappa shape index (κ1) is 20.7. The molecule has 2 aromatic heterocycles. The minimum Gasteiger partial charge on any atom is -0.503 e. The van der Waals surface area contributed by atoms with Crippen LogP contribution in [0.1, 0.15) is 60.0 Å². The molecule has 0 unspecified atom stereocenters. The van der Waals surface area contributed by atoms with Gasteiger partial charge in [-0.05, 0) is 42.5 Å². The van der Waals surface area contributed by atoms with Crippen molar-refractivity contribution in [2.24, 2.45) is 0 Å². The van der Waals surface area contributed by atoms with Gasteiger partial charge in [0.25, 0.3) is 5.91 Å². The molecule has 3 heterocycles. The zero-order chi connectivity index (χ0) is 22.5. The number of aliphatic hydroxyl groups is 1. The molecule has 31 heavy (non-hydrogen) atoms. The van der Waals surface area contributed by atoms with Crippen LogP contribution in [0.3, 0.4) is 0 Å². The monoisotopic (exact) mass is 420 g/mol. The quantitative estimate of drug-likeness (QED) is 0.599. The van der Waals surface area contributed by atoms with Crippen molar-refractivity contribution in [1.29, 1.82) is 0 Å². The molecule has 0 bridgehead atoms. The minimum absolute atomic E-state index is 0.0523. The largest absolute Gasteiger partial charge is 0.503 e. The lowest BCUT2D eigenvalue weighted by atomic mass is 9.85. The molecular weight excluding hydrogens is 396 g/mol. The predicted molar refractivity (Wildman–Crippen MR) is 114 cm³/mol. The fraction of sp³-hybridized carbons (Fsp3) is 0.292. The van der Waals surface area contributed by atoms with E-state index >= 15 is 0 Å². The molecule has 0 radical (unpaired) electrons. The molecule has 1 atom stereocenters. The summed E-state index contributed by atoms with van der Waals surface area (Å²) >= 11 is 0. The Morgan fingerprint density at radius 3 is 2.26 bits per heavy atom. The van der Waals surface area contributed by atoms with Crippen molar-refractivity contribution in [3.63, 3.8) is 0 Å². The second-order valence-corrected chi connectivity index (χ2v) is 8.75. The van der Waals surface area contributed by atoms with E-state index in [4.69, 9.17) is 8.94 Å². The van der Waals surface area contributed by atoms with Gasteiger partial charge in [0.1, 0.15) is 11.5 Å². The molecule has 0 fully saturated rings. The number of benzene rings is 1. The van der Waals surface area contributed by atoms with Crippen molar-refractivity contribution in [2.45, 2.75) is 46.1 Å². The number of hydrogen-bond acceptors (Lipinski definition) is 6. The van der Waals surface area contributed by atoms with Crippen molar-refractivity contribution in [3.05, 3.63) is 82.2 Å². The van der Waals surface area contributed by atoms with E-state index < -0.39 is 23.5 Å². The molecule has 1 N–H and O–H groups in total. The molecular formula is C24H24N2O5. The zero-order valence-electron chi connectivity index (χ0n) is 18.1. The van der Waals surface area contributed by atoms with Gasteiger partial charge in [0, 0.05) is 6.07 Å². The molecule has 7 nitrogen and oxygen atoms in total. The topological polar surface area (TPSA) is 96.8 Å². The Bertz CT molecular complexity index is 1190. The molecule has 0 aliphatic carbocycles. The Hall–Kier alpha value is -3.61. The molecule has 160 valence electrons. The fourth-order valence-corrected chi connectivity index (χ4v) is 3.71. The zero-order valence-corrected chi connectivity index (χ0v) is 18.1. The Labute approximate surface area is 180 Å². The number of furan rings is 1. The summed E-state index contributed by atoms with van der Waals surface area (Å²) in [6, 6.07) is 11.5. The molecule has 1 aliphatic heterocycles. The Morgan fingerprint density at radius 1 is 1.06 bits per heavy atom. The number of Topliss-reactive ketones (excluding diaryl/α,β-unsaturated/α-hetero) is 1. The maximum Gasteiger partial charge on any atom is 0.295 e. The van der Waals surface area contributed by atoms with Crippen LogP contribution in [0.4, 0.5) is 5.82 Å². The van der Waals surface area contributed by atoms with Crippen molar-refractivity contribution in [1.82, 2.24) is 5.16 Å². The van der Waals surface area contributed by atoms with Crippen LogP contribution in [-0.2, 0) is 10.2 Å². The predicted octanol–water partition coefficient (Wildman–Crippen LogP) is 4.96. The van der Waals surface area contributed by atoms with Crippen LogP contribution in [0.25, 0.3) is 0 Å². The molecule has 0 saturated heterocycles. The van der Waals surface area contributed by atoms with Crippen molar-refractivity contribution >= 4 is 17.5 Å². The number of aromatic nitrogens is 1. The maximum absolute atomic E-state index is 13.3. The van der Waals surface area contributed by atoms with Crippen LogP contribution < -0.4 is 4.90 Å². The summed E-state index contributed by atoms with van der Waals surface area (Å²) in [4.78, 5) is 27.6. The highest BCUT2D eigenvalue weighted by molar-refractivity contribution is 6.19. The molecule has 1 aromatic carbocycles. The van der Waals surface area contributed by atoms with Crippen LogP contribution in [0.15, 0.2) is 62.7 Å². The SMILES string of the molecule is Cc1cc(N2C(=O)C(O)=C(C(=O)c3ccc(C)o3)[C@H]2c2ccc(C(C)(C)C)cc2)no1. The normalized spacial score (nSPS) is 17.0. The van der Waals surface area contributed by atoms with E-state index in [1.807, 2.05) is 24.3 Å². The number of carbonyl (C=O) groups is 2. The molecule has 1 aliphatic rings. The first-order valence-corrected chi connectivity index (χ1v) is 9.99. The van der Waals surface area contributed by atoms with E-state index in [-0.39, 0.29) is 22.6 Å². The van der Waals surface area contributed by atoms with E-state index in [2.05, 4.69) is 25.9 Å². The number of aryl methyl sites for hydroxylation is 2. The van der Waals surface area contributed by atoms with Crippen LogP contribution in [0.5, 0.6) is 0 Å². The highest BCUT2D eigenvalue weighted by Crippen LogP contribution is 2.42. The first-order valence-electron chi connectivity index (χ1n) is 9.99. The van der Waals surface area contributed by atoms with Crippen LogP contribution in [0, 0.1) is 13.8 Å². The average Bonchev–Trinajstić information content (AvgIpc) is 3.40. The number of aliphatic hydroxyl groups excluding tert-OH is 1. The summed E-state index contributed by atoms with van der Waals surface area (Å²) in [5, 5.41) is 14.7. The summed E-state index contributed by atoms with van der Waals surface area (Å²) < 4.78 is 10.6. The molecule has 4 rings (SSSR count). The second-order valence-electron chi connectivity index (χ2n) is 8.75. The lowest BCUT2D eigenvalue weighted by Gasteiger charge is -2.25. The first-order chi connectivity index (χ1) is 14.6. The molecule has 7 heteroatoms. The number of ketones is 1. The van der Waals surface area contributed by atoms with Gasteiger partial charge in [0.05, 0.1) is 11.6 Å². The van der Waals surface area contributed by atoms with Crippen LogP contribution in [-0.4, -0.2) is 22.0 Å². The van der Waals surface area contributed by atoms with Crippen LogP contribution >= 0.6 is 0 Å². The van der Waals surface area contributed by atoms with Gasteiger partial charge in [0.2, 0.25) is 5.78 Å². The van der Waals surface area contributed by atoms with Gasteiger partial charge in [-0.3, -0.25) is 14.5 Å². The summed E-state index contributed by atoms with van der Waals surface area (Å²) in [5.74, 6) is -0.548. The smallest absolute Gasteiger partial charge is 0.295 e. The number of carbonyl (C=O) groups excluding carboxylic acids is 2. The lowest BCUT2D eigenvalue weighted by molar-refractivity contribution is -0.117. The Kier molecular flexibility index (Phi) is 4.84. The number of nitrogens with zero attached hydrogens (tertiary/aromatic N) is 2. The van der Waals surface area contributed by atoms with Gasteiger partial charge < -0.3 is 14.0 Å². The van der Waals surface area contributed by atoms with E-state index in [0.717, 1.165) is 5.56 Å². The van der Waals surface area contributed by atoms with Crippen molar-refractivity contribution < 1.29 is 23.6 Å². The number of rotatable bonds is 4. The van der Waals surface area contributed by atoms with E-state index in [9.17, 15) is 14.7 Å². The van der Waals surface area contributed by atoms with E-state index in [1.165, 1.54) is 11.0 Å². The standard InChI is InChI=1S/C24H24N2O5/c1-13-6-11-17(30-13)21(27)19-20(15-7-9-16(10-8-15)24(3,4)5)26(23(29)22(19)28)18-12-14(2)31-25-18/h6-12,20,28H,1-5H3/t20-/m1/s1. The molecule has 0 spiro atoms. The average molecular weight is 420 g/mol. The third kappa shape index (κ3) is 3.56. The second kappa shape index (κ2) is 7.27. The number of hydrogen-bond donors (Lipinski definition) is 1. The van der Waals surface area contributed by atoms with E-state index in [0.29, 0.717) is 17.1 Å². The van der Waals surface area contributed by atoms with E-state index in [1.54, 1.807) is 26.0 Å². The van der Waals surface area contributed by atoms with Crippen molar-refractivity contribution in [2.75, 3.05) is 4.90 Å². The van der Waals surface area contributed by atoms with Crippen LogP contribution in [0.2, 0.25) is 0 Å². The Balaban J connectivity index is 1.85. The maximum atomic E-state index is 13.3. The third-order valence-corrected chi connectivity index (χ3v) is 5.37. The van der Waals surface area contributed by atoms with Gasteiger partial charge in [-0.25, -0.2) is 0 Å². The molecule has 0 saturated carbocycles. The minimum atomic E-state index is -0.871. The number of anilines is 1. The third-order valence-electron chi connectivity index (χ3n) is 5.37. The molecule has 3 aromatic rings. The van der Waals surface area contributed by atoms with Gasteiger partial charge in [-0.1, -0.05) is 50.2 Å². The summed E-state index contributed by atoms with van der Waals surface area (Å²) in [5.41, 5.74) is 1.66. The lowest BCUT2D eigenvalue weighted by Crippen LogP contribution is -2.31. The number of amides is 1. The summed E-state index contributed by atoms with van der Waals surface area (Å²) in [7, 11) is 0. The van der Waals surface area contributed by atoms with Crippen molar-refractivity contribution in [3.8, 4) is 0 Å². The summed E-state index contributed by atoms with van der Waals surface area (Å²) in [6.45, 7) is 9.73. The highest BCUT2D eigenvalue weighted by atomic mass is 16.5. The van der Waals surface area contributed by atoms with Gasteiger partial charge >= 0.3 is 0 Å². The van der Waals surface area contributed by atoms with Gasteiger partial charge in [0.15, 0.2) is 17.3 Å².